The smallest absolute Gasteiger partial charge is 0.273 e. The molecular weight excluding hydrogens is 240 g/mol. The molecule has 1 aromatic heterocycles. The number of nitrogens with two attached hydrogens (primary N) is 1. The van der Waals surface area contributed by atoms with Crippen molar-refractivity contribution in [3.05, 3.63) is 5.82 Å². The quantitative estimate of drug-likeness (QED) is 0.830. The van der Waals surface area contributed by atoms with E-state index in [1.165, 1.54) is 4.57 Å². The molecule has 0 aromatic carbocycles. The van der Waals surface area contributed by atoms with Gasteiger partial charge in [-0.2, -0.15) is 0 Å². The van der Waals surface area contributed by atoms with Crippen molar-refractivity contribution in [3.8, 4) is 0 Å². The highest BCUT2D eigenvalue weighted by molar-refractivity contribution is 7.89. The molecule has 1 heterocycles. The van der Waals surface area contributed by atoms with E-state index in [9.17, 15) is 8.42 Å². The molecule has 0 aliphatic rings. The Labute approximate surface area is 102 Å². The molecule has 0 bridgehead atoms. The molecule has 0 fully saturated rings. The zero-order valence-electron chi connectivity index (χ0n) is 10.5. The fourth-order valence-electron chi connectivity index (χ4n) is 2.03. The van der Waals surface area contributed by atoms with Crippen LogP contribution in [0.15, 0.2) is 5.16 Å². The number of primary sulfonamides is 1. The maximum atomic E-state index is 11.3. The molecule has 0 aliphatic heterocycles. The number of sulfonamides is 1. The second-order valence-electron chi connectivity index (χ2n) is 4.22. The van der Waals surface area contributed by atoms with Crippen LogP contribution in [0.5, 0.6) is 0 Å². The fourth-order valence-corrected chi connectivity index (χ4v) is 2.66. The van der Waals surface area contributed by atoms with Gasteiger partial charge in [-0.3, -0.25) is 0 Å². The lowest BCUT2D eigenvalue weighted by Gasteiger charge is -2.14. The van der Waals surface area contributed by atoms with Gasteiger partial charge in [-0.05, 0) is 12.8 Å². The molecule has 7 heteroatoms. The summed E-state index contributed by atoms with van der Waals surface area (Å²) in [7, 11) is -2.14. The maximum absolute atomic E-state index is 11.3. The molecule has 1 rings (SSSR count). The Morgan fingerprint density at radius 2 is 1.76 bits per heavy atom. The molecule has 0 atom stereocenters. The first-order valence-corrected chi connectivity index (χ1v) is 7.38. The minimum absolute atomic E-state index is 0.162. The molecule has 0 saturated heterocycles. The highest BCUT2D eigenvalue weighted by Crippen LogP contribution is 2.25. The van der Waals surface area contributed by atoms with Gasteiger partial charge in [-0.1, -0.05) is 26.7 Å². The van der Waals surface area contributed by atoms with E-state index in [0.717, 1.165) is 25.7 Å². The van der Waals surface area contributed by atoms with Crippen LogP contribution in [-0.2, 0) is 17.1 Å². The summed E-state index contributed by atoms with van der Waals surface area (Å²) >= 11 is 0. The lowest BCUT2D eigenvalue weighted by Crippen LogP contribution is -2.18. The second-order valence-corrected chi connectivity index (χ2v) is 5.67. The van der Waals surface area contributed by atoms with Crippen LogP contribution < -0.4 is 5.14 Å². The van der Waals surface area contributed by atoms with E-state index < -0.39 is 10.0 Å². The van der Waals surface area contributed by atoms with Crippen molar-refractivity contribution in [3.63, 3.8) is 0 Å². The van der Waals surface area contributed by atoms with Crippen LogP contribution in [0.2, 0.25) is 0 Å². The molecule has 0 saturated carbocycles. The van der Waals surface area contributed by atoms with E-state index in [2.05, 4.69) is 24.0 Å². The lowest BCUT2D eigenvalue weighted by molar-refractivity contribution is 0.509. The van der Waals surface area contributed by atoms with Gasteiger partial charge in [0.2, 0.25) is 0 Å². The molecule has 6 nitrogen and oxygen atoms in total. The van der Waals surface area contributed by atoms with Gasteiger partial charge in [0.15, 0.2) is 0 Å². The van der Waals surface area contributed by atoms with Gasteiger partial charge in [0, 0.05) is 13.0 Å². The number of aromatic nitrogens is 3. The lowest BCUT2D eigenvalue weighted by atomic mass is 9.97. The molecule has 0 unspecified atom stereocenters. The van der Waals surface area contributed by atoms with Crippen molar-refractivity contribution in [2.45, 2.75) is 50.6 Å². The monoisotopic (exact) mass is 260 g/mol. The average molecular weight is 260 g/mol. The molecule has 98 valence electrons. The molecule has 0 radical (unpaired) electrons. The fraction of sp³-hybridized carbons (Fsp3) is 0.800. The average Bonchev–Trinajstić information content (AvgIpc) is 2.59. The Balaban J connectivity index is 3.09. The number of rotatable bonds is 6. The van der Waals surface area contributed by atoms with E-state index >= 15 is 0 Å². The third-order valence-electron chi connectivity index (χ3n) is 2.76. The third-order valence-corrected chi connectivity index (χ3v) is 3.63. The van der Waals surface area contributed by atoms with Crippen LogP contribution in [0.25, 0.3) is 0 Å². The number of nitrogens with zero attached hydrogens (tertiary/aromatic N) is 3. The predicted molar refractivity (Wildman–Crippen MR) is 64.9 cm³/mol. The zero-order chi connectivity index (χ0) is 13.1. The standard InChI is InChI=1S/C10H20N4O2S/c1-4-6-8(7-5-2)9-12-13-10(14(9)3)17(11,15)16/h8H,4-7H2,1-3H3,(H2,11,15,16). The Morgan fingerprint density at radius 1 is 1.24 bits per heavy atom. The number of hydrogen-bond donors (Lipinski definition) is 1. The van der Waals surface area contributed by atoms with Gasteiger partial charge in [0.25, 0.3) is 15.2 Å². The minimum Gasteiger partial charge on any atom is -0.304 e. The zero-order valence-corrected chi connectivity index (χ0v) is 11.4. The van der Waals surface area contributed by atoms with Crippen LogP contribution in [-0.4, -0.2) is 23.2 Å². The van der Waals surface area contributed by atoms with Gasteiger partial charge in [-0.15, -0.1) is 10.2 Å². The summed E-state index contributed by atoms with van der Waals surface area (Å²) < 4.78 is 24.0. The summed E-state index contributed by atoms with van der Waals surface area (Å²) in [6.45, 7) is 4.19. The van der Waals surface area contributed by atoms with E-state index in [4.69, 9.17) is 5.14 Å². The summed E-state index contributed by atoms with van der Waals surface area (Å²) in [5.41, 5.74) is 0. The molecule has 2 N–H and O–H groups in total. The molecule has 0 amide bonds. The SMILES string of the molecule is CCCC(CCC)c1nnc(S(N)(=O)=O)n1C. The van der Waals surface area contributed by atoms with Crippen molar-refractivity contribution in [1.29, 1.82) is 0 Å². The largest absolute Gasteiger partial charge is 0.304 e. The minimum atomic E-state index is -3.79. The van der Waals surface area contributed by atoms with Crippen LogP contribution in [0.3, 0.4) is 0 Å². The van der Waals surface area contributed by atoms with Gasteiger partial charge in [0.1, 0.15) is 5.82 Å². The summed E-state index contributed by atoms with van der Waals surface area (Å²) in [5.74, 6) is 0.954. The van der Waals surface area contributed by atoms with Gasteiger partial charge in [-0.25, -0.2) is 13.6 Å². The normalized spacial score (nSPS) is 12.3. The first-order chi connectivity index (χ1) is 7.91. The Hall–Kier alpha value is -0.950. The van der Waals surface area contributed by atoms with Crippen molar-refractivity contribution in [2.24, 2.45) is 12.2 Å². The van der Waals surface area contributed by atoms with Crippen LogP contribution >= 0.6 is 0 Å². The van der Waals surface area contributed by atoms with Crippen LogP contribution in [0.1, 0.15) is 51.3 Å². The summed E-state index contributed by atoms with van der Waals surface area (Å²) in [5, 5.41) is 12.6. The van der Waals surface area contributed by atoms with Crippen LogP contribution in [0.4, 0.5) is 0 Å². The van der Waals surface area contributed by atoms with Gasteiger partial charge >= 0.3 is 0 Å². The first kappa shape index (κ1) is 14.1. The topological polar surface area (TPSA) is 90.9 Å². The van der Waals surface area contributed by atoms with E-state index in [-0.39, 0.29) is 11.1 Å². The van der Waals surface area contributed by atoms with Gasteiger partial charge in [0.05, 0.1) is 0 Å². The Kier molecular flexibility index (Phi) is 4.64. The highest BCUT2D eigenvalue weighted by atomic mass is 32.2. The molecule has 17 heavy (non-hydrogen) atoms. The van der Waals surface area contributed by atoms with Crippen molar-refractivity contribution < 1.29 is 8.42 Å². The van der Waals surface area contributed by atoms with Gasteiger partial charge < -0.3 is 4.57 Å². The summed E-state index contributed by atoms with van der Waals surface area (Å²) in [4.78, 5) is 0. The van der Waals surface area contributed by atoms with E-state index in [1.807, 2.05) is 0 Å². The summed E-state index contributed by atoms with van der Waals surface area (Å²) in [6.07, 6.45) is 4.01. The molecule has 1 aromatic rings. The third kappa shape index (κ3) is 3.26. The first-order valence-electron chi connectivity index (χ1n) is 5.83. The maximum Gasteiger partial charge on any atom is 0.273 e. The van der Waals surface area contributed by atoms with Crippen LogP contribution in [0, 0.1) is 0 Å². The van der Waals surface area contributed by atoms with Crippen molar-refractivity contribution >= 4 is 10.0 Å². The Morgan fingerprint density at radius 3 is 2.12 bits per heavy atom. The predicted octanol–water partition coefficient (Wildman–Crippen LogP) is 1.15. The second kappa shape index (κ2) is 5.59. The Bertz CT molecular complexity index is 461. The van der Waals surface area contributed by atoms with Crippen molar-refractivity contribution in [2.75, 3.05) is 0 Å². The van der Waals surface area contributed by atoms with E-state index in [1.54, 1.807) is 7.05 Å². The van der Waals surface area contributed by atoms with E-state index in [0.29, 0.717) is 5.82 Å². The highest BCUT2D eigenvalue weighted by Gasteiger charge is 2.23. The molecule has 0 aliphatic carbocycles. The van der Waals surface area contributed by atoms with Crippen molar-refractivity contribution in [1.82, 2.24) is 14.8 Å². The number of hydrogen-bond acceptors (Lipinski definition) is 4. The molecular formula is C10H20N4O2S. The molecule has 0 spiro atoms. The summed E-state index contributed by atoms with van der Waals surface area (Å²) in [6, 6.07) is 0.